The molecule has 158 valence electrons. The van der Waals surface area contributed by atoms with Crippen molar-refractivity contribution >= 4 is 54.9 Å². The van der Waals surface area contributed by atoms with E-state index in [1.807, 2.05) is 24.3 Å². The van der Waals surface area contributed by atoms with Crippen molar-refractivity contribution in [2.75, 3.05) is 4.90 Å². The molecule has 0 aliphatic heterocycles. The highest BCUT2D eigenvalue weighted by molar-refractivity contribution is 9.10. The minimum atomic E-state index is 0.868. The molecule has 3 heteroatoms. The van der Waals surface area contributed by atoms with Gasteiger partial charge in [-0.15, -0.1) is 0 Å². The number of rotatable bonds is 4. The molecule has 1 aromatic heterocycles. The van der Waals surface area contributed by atoms with Crippen LogP contribution in [0, 0.1) is 0 Å². The van der Waals surface area contributed by atoms with Gasteiger partial charge >= 0.3 is 0 Å². The summed E-state index contributed by atoms with van der Waals surface area (Å²) in [6.45, 7) is 0. The predicted molar refractivity (Wildman–Crippen MR) is 142 cm³/mol. The Bertz CT molecular complexity index is 1550. The van der Waals surface area contributed by atoms with Gasteiger partial charge in [0.05, 0.1) is 10.2 Å². The Labute approximate surface area is 200 Å². The van der Waals surface area contributed by atoms with Crippen LogP contribution >= 0.6 is 15.9 Å². The average molecular weight is 490 g/mol. The van der Waals surface area contributed by atoms with Crippen LogP contribution in [0.1, 0.15) is 0 Å². The molecule has 0 aliphatic rings. The van der Waals surface area contributed by atoms with Crippen LogP contribution in [0.25, 0.3) is 33.1 Å². The molecule has 0 N–H and O–H groups in total. The Morgan fingerprint density at radius 1 is 0.485 bits per heavy atom. The van der Waals surface area contributed by atoms with Gasteiger partial charge in [-0.3, -0.25) is 0 Å². The number of anilines is 3. The largest absolute Gasteiger partial charge is 0.453 e. The lowest BCUT2D eigenvalue weighted by atomic mass is 10.0. The summed E-state index contributed by atoms with van der Waals surface area (Å²) in [6.07, 6.45) is 0. The molecule has 1 heterocycles. The van der Waals surface area contributed by atoms with Crippen molar-refractivity contribution in [1.29, 1.82) is 0 Å². The van der Waals surface area contributed by atoms with E-state index >= 15 is 0 Å². The van der Waals surface area contributed by atoms with Gasteiger partial charge in [0.2, 0.25) is 0 Å². The Morgan fingerprint density at radius 2 is 1.06 bits per heavy atom. The summed E-state index contributed by atoms with van der Waals surface area (Å²) in [5, 5.41) is 2.21. The molecule has 0 atom stereocenters. The summed E-state index contributed by atoms with van der Waals surface area (Å²) in [5.41, 5.74) is 7.31. The third kappa shape index (κ3) is 3.51. The summed E-state index contributed by atoms with van der Waals surface area (Å²) in [5.74, 6) is 0. The Balaban J connectivity index is 1.55. The number of furan rings is 1. The van der Waals surface area contributed by atoms with E-state index in [4.69, 9.17) is 4.42 Å². The second-order valence-corrected chi connectivity index (χ2v) is 8.81. The molecule has 0 bridgehead atoms. The molecule has 33 heavy (non-hydrogen) atoms. The van der Waals surface area contributed by atoms with Crippen LogP contribution in [-0.4, -0.2) is 0 Å². The van der Waals surface area contributed by atoms with Gasteiger partial charge in [-0.1, -0.05) is 84.9 Å². The monoisotopic (exact) mass is 489 g/mol. The van der Waals surface area contributed by atoms with Gasteiger partial charge in [0.1, 0.15) is 5.58 Å². The maximum Gasteiger partial charge on any atom is 0.159 e. The van der Waals surface area contributed by atoms with E-state index in [9.17, 15) is 0 Å². The van der Waals surface area contributed by atoms with Crippen LogP contribution < -0.4 is 4.90 Å². The lowest BCUT2D eigenvalue weighted by molar-refractivity contribution is 0.667. The molecular weight excluding hydrogens is 470 g/mol. The quantitative estimate of drug-likeness (QED) is 0.245. The van der Waals surface area contributed by atoms with Gasteiger partial charge in [0.25, 0.3) is 0 Å². The van der Waals surface area contributed by atoms with E-state index < -0.39 is 0 Å². The van der Waals surface area contributed by atoms with Crippen LogP contribution in [0.3, 0.4) is 0 Å². The van der Waals surface area contributed by atoms with E-state index in [0.29, 0.717) is 0 Å². The number of nitrogens with zero attached hydrogens (tertiary/aromatic N) is 1. The molecule has 0 saturated heterocycles. The Hall–Kier alpha value is -3.82. The zero-order valence-electron chi connectivity index (χ0n) is 17.8. The molecule has 2 nitrogen and oxygen atoms in total. The molecule has 0 spiro atoms. The SMILES string of the molecule is Brc1cccc2c1oc1c(N(c3ccccc3)c3ccc(-c4ccccc4)cc3)cccc12. The van der Waals surface area contributed by atoms with Crippen molar-refractivity contribution in [2.45, 2.75) is 0 Å². The van der Waals surface area contributed by atoms with Crippen LogP contribution in [0.2, 0.25) is 0 Å². The van der Waals surface area contributed by atoms with E-state index in [-0.39, 0.29) is 0 Å². The van der Waals surface area contributed by atoms with Gasteiger partial charge in [0.15, 0.2) is 5.58 Å². The van der Waals surface area contributed by atoms with E-state index in [1.54, 1.807) is 0 Å². The number of para-hydroxylation sites is 3. The maximum absolute atomic E-state index is 6.44. The molecular formula is C30H20BrNO. The summed E-state index contributed by atoms with van der Waals surface area (Å²) in [7, 11) is 0. The predicted octanol–water partition coefficient (Wildman–Crippen LogP) is 9.49. The molecule has 0 amide bonds. The van der Waals surface area contributed by atoms with E-state index in [0.717, 1.165) is 43.5 Å². The number of hydrogen-bond donors (Lipinski definition) is 0. The van der Waals surface area contributed by atoms with Crippen molar-refractivity contribution in [1.82, 2.24) is 0 Å². The number of benzene rings is 5. The zero-order valence-corrected chi connectivity index (χ0v) is 19.4. The molecule has 6 aromatic rings. The van der Waals surface area contributed by atoms with Crippen molar-refractivity contribution < 1.29 is 4.42 Å². The Morgan fingerprint density at radius 3 is 1.79 bits per heavy atom. The van der Waals surface area contributed by atoms with Gasteiger partial charge < -0.3 is 9.32 Å². The number of hydrogen-bond acceptors (Lipinski definition) is 2. The van der Waals surface area contributed by atoms with Crippen LogP contribution in [0.5, 0.6) is 0 Å². The first-order valence-electron chi connectivity index (χ1n) is 10.9. The van der Waals surface area contributed by atoms with Crippen molar-refractivity contribution in [2.24, 2.45) is 0 Å². The highest BCUT2D eigenvalue weighted by Crippen LogP contribution is 2.43. The third-order valence-electron chi connectivity index (χ3n) is 5.94. The maximum atomic E-state index is 6.44. The second kappa shape index (κ2) is 8.27. The van der Waals surface area contributed by atoms with Gasteiger partial charge in [-0.2, -0.15) is 0 Å². The van der Waals surface area contributed by atoms with E-state index in [2.05, 4.69) is 118 Å². The smallest absolute Gasteiger partial charge is 0.159 e. The van der Waals surface area contributed by atoms with Crippen molar-refractivity contribution in [3.63, 3.8) is 0 Å². The number of fused-ring (bicyclic) bond motifs is 3. The van der Waals surface area contributed by atoms with Gasteiger partial charge in [0, 0.05) is 22.1 Å². The summed E-state index contributed by atoms with van der Waals surface area (Å²) >= 11 is 3.65. The molecule has 0 radical (unpaired) electrons. The topological polar surface area (TPSA) is 16.4 Å². The first kappa shape index (κ1) is 19.8. The second-order valence-electron chi connectivity index (χ2n) is 7.96. The third-order valence-corrected chi connectivity index (χ3v) is 6.57. The van der Waals surface area contributed by atoms with Crippen LogP contribution in [0.4, 0.5) is 17.1 Å². The lowest BCUT2D eigenvalue weighted by Crippen LogP contribution is -2.10. The first-order valence-corrected chi connectivity index (χ1v) is 11.7. The van der Waals surface area contributed by atoms with Gasteiger partial charge in [-0.05, 0) is 63.5 Å². The van der Waals surface area contributed by atoms with Crippen LogP contribution in [-0.2, 0) is 0 Å². The zero-order chi connectivity index (χ0) is 22.2. The normalized spacial score (nSPS) is 11.2. The fourth-order valence-corrected chi connectivity index (χ4v) is 4.83. The van der Waals surface area contributed by atoms with Crippen LogP contribution in [0.15, 0.2) is 130 Å². The summed E-state index contributed by atoms with van der Waals surface area (Å²) < 4.78 is 7.40. The highest BCUT2D eigenvalue weighted by Gasteiger charge is 2.19. The van der Waals surface area contributed by atoms with Gasteiger partial charge in [-0.25, -0.2) is 0 Å². The summed E-state index contributed by atoms with van der Waals surface area (Å²) in [6, 6.07) is 42.1. The summed E-state index contributed by atoms with van der Waals surface area (Å²) in [4.78, 5) is 2.26. The first-order chi connectivity index (χ1) is 16.3. The fourth-order valence-electron chi connectivity index (χ4n) is 4.38. The molecule has 6 rings (SSSR count). The highest BCUT2D eigenvalue weighted by atomic mass is 79.9. The average Bonchev–Trinajstić information content (AvgIpc) is 3.27. The van der Waals surface area contributed by atoms with Crippen molar-refractivity contribution in [3.05, 3.63) is 126 Å². The number of halogens is 1. The van der Waals surface area contributed by atoms with Crippen molar-refractivity contribution in [3.8, 4) is 11.1 Å². The molecule has 0 aliphatic carbocycles. The van der Waals surface area contributed by atoms with E-state index in [1.165, 1.54) is 11.1 Å². The lowest BCUT2D eigenvalue weighted by Gasteiger charge is -2.25. The standard InChI is InChI=1S/C30H20BrNO/c31-27-15-7-13-25-26-14-8-16-28(30(26)33-29(25)27)32(23-11-5-2-6-12-23)24-19-17-22(18-20-24)21-9-3-1-4-10-21/h1-20H. The molecule has 0 saturated carbocycles. The minimum absolute atomic E-state index is 0.868. The molecule has 0 unspecified atom stereocenters. The molecule has 5 aromatic carbocycles. The Kier molecular flexibility index (Phi) is 4.97. The molecule has 0 fully saturated rings. The fraction of sp³-hybridized carbons (Fsp3) is 0. The minimum Gasteiger partial charge on any atom is -0.453 e.